The van der Waals surface area contributed by atoms with Gasteiger partial charge in [-0.25, -0.2) is 0 Å². The van der Waals surface area contributed by atoms with Crippen molar-refractivity contribution in [3.63, 3.8) is 0 Å². The molecule has 0 aliphatic rings. The molecule has 0 aromatic heterocycles. The summed E-state index contributed by atoms with van der Waals surface area (Å²) in [5.41, 5.74) is 3.80. The molecule has 2 nitrogen and oxygen atoms in total. The quantitative estimate of drug-likeness (QED) is 0.245. The number of nitrogens with two attached hydrogens (primary N) is 1. The Bertz CT molecular complexity index is 68.9. The van der Waals surface area contributed by atoms with E-state index < -0.39 is 0 Å². The molecule has 0 atom stereocenters. The average molecular weight is 114 g/mol. The minimum atomic E-state index is 0.882. The topological polar surface area (TPSA) is 38.0 Å². The van der Waals surface area contributed by atoms with E-state index in [0.29, 0.717) is 0 Å². The third kappa shape index (κ3) is 5.66. The van der Waals surface area contributed by atoms with Gasteiger partial charge in [-0.1, -0.05) is 5.57 Å². The second-order valence-corrected chi connectivity index (χ2v) is 2.01. The fourth-order valence-corrected chi connectivity index (χ4v) is 0.492. The molecule has 0 aliphatic carbocycles. The van der Waals surface area contributed by atoms with Gasteiger partial charge in [-0.3, -0.25) is 11.3 Å². The molecule has 0 saturated heterocycles. The monoisotopic (exact) mass is 114 g/mol. The van der Waals surface area contributed by atoms with Gasteiger partial charge in [-0.05, 0) is 19.8 Å². The van der Waals surface area contributed by atoms with Crippen molar-refractivity contribution in [2.75, 3.05) is 6.54 Å². The molecule has 0 saturated carbocycles. The van der Waals surface area contributed by atoms with Crippen molar-refractivity contribution < 1.29 is 0 Å². The Labute approximate surface area is 50.7 Å². The van der Waals surface area contributed by atoms with Gasteiger partial charge >= 0.3 is 0 Å². The van der Waals surface area contributed by atoms with E-state index >= 15 is 0 Å². The SMILES string of the molecule is C=C(C)CCCNN. The minimum absolute atomic E-state index is 0.882. The first-order valence-corrected chi connectivity index (χ1v) is 2.85. The zero-order chi connectivity index (χ0) is 6.41. The molecule has 8 heavy (non-hydrogen) atoms. The minimum Gasteiger partial charge on any atom is -0.271 e. The summed E-state index contributed by atoms with van der Waals surface area (Å²) in [6.45, 7) is 6.66. The van der Waals surface area contributed by atoms with Crippen LogP contribution in [0, 0.1) is 0 Å². The molecule has 0 heterocycles. The van der Waals surface area contributed by atoms with Crippen LogP contribution in [0.4, 0.5) is 0 Å². The summed E-state index contributed by atoms with van der Waals surface area (Å²) < 4.78 is 0. The molecule has 0 fully saturated rings. The highest BCUT2D eigenvalue weighted by atomic mass is 15.2. The lowest BCUT2D eigenvalue weighted by molar-refractivity contribution is 0.678. The molecule has 48 valence electrons. The highest BCUT2D eigenvalue weighted by Gasteiger charge is 1.83. The number of rotatable bonds is 4. The summed E-state index contributed by atoms with van der Waals surface area (Å²) in [5.74, 6) is 5.04. The number of allylic oxidation sites excluding steroid dienone is 1. The Hall–Kier alpha value is -0.340. The van der Waals surface area contributed by atoms with E-state index in [9.17, 15) is 0 Å². The van der Waals surface area contributed by atoms with Crippen molar-refractivity contribution in [2.24, 2.45) is 5.84 Å². The Morgan fingerprint density at radius 3 is 2.75 bits per heavy atom. The Balaban J connectivity index is 2.82. The predicted octanol–water partition coefficient (Wildman–Crippen LogP) is 0.806. The second-order valence-electron chi connectivity index (χ2n) is 2.01. The largest absolute Gasteiger partial charge is 0.271 e. The van der Waals surface area contributed by atoms with E-state index in [4.69, 9.17) is 5.84 Å². The predicted molar refractivity (Wildman–Crippen MR) is 36.2 cm³/mol. The van der Waals surface area contributed by atoms with Crippen LogP contribution >= 0.6 is 0 Å². The molecule has 0 rings (SSSR count). The third-order valence-corrected chi connectivity index (χ3v) is 0.925. The van der Waals surface area contributed by atoms with Gasteiger partial charge in [-0.2, -0.15) is 0 Å². The molecule has 0 aromatic carbocycles. The smallest absolute Gasteiger partial charge is 0.0100 e. The van der Waals surface area contributed by atoms with E-state index in [1.807, 2.05) is 6.92 Å². The summed E-state index contributed by atoms with van der Waals surface area (Å²) in [6, 6.07) is 0. The fraction of sp³-hybridized carbons (Fsp3) is 0.667. The van der Waals surface area contributed by atoms with Crippen LogP contribution in [0.15, 0.2) is 12.2 Å². The maximum Gasteiger partial charge on any atom is 0.0100 e. The molecule has 0 aliphatic heterocycles. The van der Waals surface area contributed by atoms with Gasteiger partial charge in [0, 0.05) is 6.54 Å². The highest BCUT2D eigenvalue weighted by molar-refractivity contribution is 4.87. The number of hydrazine groups is 1. The van der Waals surface area contributed by atoms with Crippen molar-refractivity contribution >= 4 is 0 Å². The van der Waals surface area contributed by atoms with Gasteiger partial charge < -0.3 is 0 Å². The van der Waals surface area contributed by atoms with Gasteiger partial charge in [0.25, 0.3) is 0 Å². The Morgan fingerprint density at radius 2 is 2.38 bits per heavy atom. The first-order valence-electron chi connectivity index (χ1n) is 2.85. The van der Waals surface area contributed by atoms with Crippen molar-refractivity contribution in [3.8, 4) is 0 Å². The van der Waals surface area contributed by atoms with E-state index in [2.05, 4.69) is 12.0 Å². The van der Waals surface area contributed by atoms with Crippen LogP contribution in [0.5, 0.6) is 0 Å². The van der Waals surface area contributed by atoms with Crippen molar-refractivity contribution in [2.45, 2.75) is 19.8 Å². The van der Waals surface area contributed by atoms with Crippen LogP contribution in [-0.4, -0.2) is 6.54 Å². The zero-order valence-electron chi connectivity index (χ0n) is 5.41. The summed E-state index contributed by atoms with van der Waals surface area (Å²) in [6.07, 6.45) is 2.16. The van der Waals surface area contributed by atoms with Crippen molar-refractivity contribution in [1.29, 1.82) is 0 Å². The van der Waals surface area contributed by atoms with Crippen molar-refractivity contribution in [3.05, 3.63) is 12.2 Å². The molecule has 2 heteroatoms. The van der Waals surface area contributed by atoms with Crippen LogP contribution in [0.3, 0.4) is 0 Å². The summed E-state index contributed by atoms with van der Waals surface area (Å²) >= 11 is 0. The van der Waals surface area contributed by atoms with Crippen LogP contribution in [0.25, 0.3) is 0 Å². The van der Waals surface area contributed by atoms with E-state index in [1.165, 1.54) is 5.57 Å². The first kappa shape index (κ1) is 7.66. The maximum absolute atomic E-state index is 5.04. The van der Waals surface area contributed by atoms with Gasteiger partial charge in [0.05, 0.1) is 0 Å². The lowest BCUT2D eigenvalue weighted by atomic mass is 10.2. The summed E-state index contributed by atoms with van der Waals surface area (Å²) in [4.78, 5) is 0. The van der Waals surface area contributed by atoms with E-state index in [1.54, 1.807) is 0 Å². The molecular formula is C6H14N2. The van der Waals surface area contributed by atoms with Crippen LogP contribution in [-0.2, 0) is 0 Å². The van der Waals surface area contributed by atoms with E-state index in [-0.39, 0.29) is 0 Å². The molecular weight excluding hydrogens is 100 g/mol. The number of hydrogen-bond donors (Lipinski definition) is 2. The lowest BCUT2D eigenvalue weighted by Crippen LogP contribution is -2.22. The van der Waals surface area contributed by atoms with Gasteiger partial charge in [0.15, 0.2) is 0 Å². The fourth-order valence-electron chi connectivity index (χ4n) is 0.492. The van der Waals surface area contributed by atoms with Crippen LogP contribution in [0.1, 0.15) is 19.8 Å². The number of hydrogen-bond acceptors (Lipinski definition) is 2. The maximum atomic E-state index is 5.04. The van der Waals surface area contributed by atoms with Crippen LogP contribution in [0.2, 0.25) is 0 Å². The standard InChI is InChI=1S/C6H14N2/c1-6(2)4-3-5-8-7/h8H,1,3-5,7H2,2H3. The molecule has 0 unspecified atom stereocenters. The summed E-state index contributed by atoms with van der Waals surface area (Å²) in [7, 11) is 0. The Kier molecular flexibility index (Phi) is 4.61. The molecule has 0 aromatic rings. The van der Waals surface area contributed by atoms with E-state index in [0.717, 1.165) is 19.4 Å². The third-order valence-electron chi connectivity index (χ3n) is 0.925. The van der Waals surface area contributed by atoms with Gasteiger partial charge in [-0.15, -0.1) is 6.58 Å². The molecule has 0 radical (unpaired) electrons. The van der Waals surface area contributed by atoms with Gasteiger partial charge in [0.1, 0.15) is 0 Å². The highest BCUT2D eigenvalue weighted by Crippen LogP contribution is 1.97. The second kappa shape index (κ2) is 4.81. The van der Waals surface area contributed by atoms with Crippen LogP contribution < -0.4 is 11.3 Å². The van der Waals surface area contributed by atoms with Gasteiger partial charge in [0.2, 0.25) is 0 Å². The molecule has 0 amide bonds. The molecule has 0 bridgehead atoms. The van der Waals surface area contributed by atoms with Crippen molar-refractivity contribution in [1.82, 2.24) is 5.43 Å². The number of nitrogens with one attached hydrogen (secondary N) is 1. The molecule has 3 N–H and O–H groups in total. The zero-order valence-corrected chi connectivity index (χ0v) is 5.41. The lowest BCUT2D eigenvalue weighted by Gasteiger charge is -1.96. The normalized spacial score (nSPS) is 9.25. The summed E-state index contributed by atoms with van der Waals surface area (Å²) in [5, 5.41) is 0. The average Bonchev–Trinajstić information content (AvgIpc) is 1.66. The first-order chi connectivity index (χ1) is 3.77. The Morgan fingerprint density at radius 1 is 1.75 bits per heavy atom. The molecule has 0 spiro atoms.